The molecule has 0 radical (unpaired) electrons. The number of benzene rings is 1. The molecule has 0 aliphatic rings. The number of nitrogens with two attached hydrogens (primary N) is 1. The molecule has 1 atom stereocenters. The first-order valence-electron chi connectivity index (χ1n) is 7.89. The van der Waals surface area contributed by atoms with Gasteiger partial charge >= 0.3 is 0 Å². The van der Waals surface area contributed by atoms with E-state index in [1.807, 2.05) is 25.1 Å². The Labute approximate surface area is 128 Å². The van der Waals surface area contributed by atoms with Gasteiger partial charge in [0.15, 0.2) is 0 Å². The summed E-state index contributed by atoms with van der Waals surface area (Å²) in [5.41, 5.74) is 7.01. The summed E-state index contributed by atoms with van der Waals surface area (Å²) in [6.45, 7) is 8.81. The molecular formula is C17H29NO3. The van der Waals surface area contributed by atoms with Crippen molar-refractivity contribution in [3.8, 4) is 11.5 Å². The molecule has 21 heavy (non-hydrogen) atoms. The fourth-order valence-electron chi connectivity index (χ4n) is 1.95. The molecule has 4 heteroatoms. The third-order valence-electron chi connectivity index (χ3n) is 2.89. The van der Waals surface area contributed by atoms with E-state index in [2.05, 4.69) is 13.8 Å². The third-order valence-corrected chi connectivity index (χ3v) is 2.89. The van der Waals surface area contributed by atoms with Gasteiger partial charge in [-0.2, -0.15) is 0 Å². The molecule has 1 aromatic carbocycles. The zero-order valence-electron chi connectivity index (χ0n) is 13.6. The van der Waals surface area contributed by atoms with Crippen LogP contribution in [-0.4, -0.2) is 32.5 Å². The molecule has 0 fully saturated rings. The van der Waals surface area contributed by atoms with Crippen molar-refractivity contribution in [2.24, 2.45) is 5.73 Å². The lowest BCUT2D eigenvalue weighted by molar-refractivity contribution is 0.100. The molecule has 0 saturated heterocycles. The van der Waals surface area contributed by atoms with Crippen LogP contribution in [0.15, 0.2) is 18.2 Å². The van der Waals surface area contributed by atoms with E-state index >= 15 is 0 Å². The van der Waals surface area contributed by atoms with Gasteiger partial charge in [0.1, 0.15) is 18.1 Å². The summed E-state index contributed by atoms with van der Waals surface area (Å²) in [5, 5.41) is 0. The lowest BCUT2D eigenvalue weighted by atomic mass is 10.1. The molecule has 0 aliphatic carbocycles. The molecule has 2 N–H and O–H groups in total. The van der Waals surface area contributed by atoms with E-state index in [-0.39, 0.29) is 6.04 Å². The summed E-state index contributed by atoms with van der Waals surface area (Å²) >= 11 is 0. The van der Waals surface area contributed by atoms with Crippen molar-refractivity contribution in [3.05, 3.63) is 23.8 Å². The molecule has 4 nitrogen and oxygen atoms in total. The van der Waals surface area contributed by atoms with Crippen LogP contribution in [0.1, 0.15) is 39.2 Å². The van der Waals surface area contributed by atoms with E-state index < -0.39 is 0 Å². The second-order valence-corrected chi connectivity index (χ2v) is 5.26. The second-order valence-electron chi connectivity index (χ2n) is 5.26. The first kappa shape index (κ1) is 17.8. The van der Waals surface area contributed by atoms with Crippen LogP contribution in [0.5, 0.6) is 11.5 Å². The minimum Gasteiger partial charge on any atom is -0.493 e. The normalized spacial score (nSPS) is 12.2. The molecule has 1 aromatic rings. The van der Waals surface area contributed by atoms with Crippen molar-refractivity contribution in [1.29, 1.82) is 0 Å². The van der Waals surface area contributed by atoms with E-state index in [1.165, 1.54) is 0 Å². The highest BCUT2D eigenvalue weighted by molar-refractivity contribution is 5.41. The zero-order chi connectivity index (χ0) is 15.5. The predicted molar refractivity (Wildman–Crippen MR) is 86.2 cm³/mol. The van der Waals surface area contributed by atoms with Gasteiger partial charge < -0.3 is 19.9 Å². The second kappa shape index (κ2) is 10.5. The topological polar surface area (TPSA) is 53.7 Å². The van der Waals surface area contributed by atoms with Gasteiger partial charge in [0.25, 0.3) is 0 Å². The van der Waals surface area contributed by atoms with Gasteiger partial charge in [-0.15, -0.1) is 0 Å². The lowest BCUT2D eigenvalue weighted by Gasteiger charge is -2.15. The maximum absolute atomic E-state index is 5.89. The fraction of sp³-hybridized carbons (Fsp3) is 0.647. The van der Waals surface area contributed by atoms with E-state index in [1.54, 1.807) is 0 Å². The van der Waals surface area contributed by atoms with Gasteiger partial charge in [0, 0.05) is 18.7 Å². The Bertz CT molecular complexity index is 394. The molecule has 0 spiro atoms. The van der Waals surface area contributed by atoms with Crippen LogP contribution in [0.2, 0.25) is 0 Å². The van der Waals surface area contributed by atoms with Crippen molar-refractivity contribution in [2.75, 3.05) is 26.4 Å². The summed E-state index contributed by atoms with van der Waals surface area (Å²) in [4.78, 5) is 0. The van der Waals surface area contributed by atoms with E-state index in [0.717, 1.165) is 42.9 Å². The Morgan fingerprint density at radius 2 is 1.76 bits per heavy atom. The molecule has 0 aromatic heterocycles. The molecule has 0 aliphatic heterocycles. The first-order valence-corrected chi connectivity index (χ1v) is 7.89. The van der Waals surface area contributed by atoms with Crippen molar-refractivity contribution >= 4 is 0 Å². The molecule has 1 rings (SSSR count). The molecule has 0 bridgehead atoms. The predicted octanol–water partition coefficient (Wildman–Crippen LogP) is 3.17. The Hall–Kier alpha value is -1.26. The number of hydrogen-bond donors (Lipinski definition) is 1. The highest BCUT2D eigenvalue weighted by Crippen LogP contribution is 2.26. The zero-order valence-corrected chi connectivity index (χ0v) is 13.6. The van der Waals surface area contributed by atoms with Gasteiger partial charge in [-0.3, -0.25) is 0 Å². The first-order chi connectivity index (χ1) is 10.2. The Morgan fingerprint density at radius 3 is 2.43 bits per heavy atom. The van der Waals surface area contributed by atoms with Crippen molar-refractivity contribution in [3.63, 3.8) is 0 Å². The average Bonchev–Trinajstić information content (AvgIpc) is 2.46. The van der Waals surface area contributed by atoms with Crippen molar-refractivity contribution in [2.45, 2.75) is 46.1 Å². The van der Waals surface area contributed by atoms with Gasteiger partial charge in [0.05, 0.1) is 13.2 Å². The number of hydrogen-bond acceptors (Lipinski definition) is 4. The Balaban J connectivity index is 2.64. The molecule has 0 heterocycles. The molecule has 0 amide bonds. The summed E-state index contributed by atoms with van der Waals surface area (Å²) in [6.07, 6.45) is 2.80. The Morgan fingerprint density at radius 1 is 1.00 bits per heavy atom. The molecular weight excluding hydrogens is 266 g/mol. The van der Waals surface area contributed by atoms with E-state index in [4.69, 9.17) is 19.9 Å². The van der Waals surface area contributed by atoms with Gasteiger partial charge in [-0.25, -0.2) is 0 Å². The standard InChI is InChI=1S/C17H29NO3/c1-4-8-19-10-11-21-17-13-16(20-9-5-2)7-6-15(17)12-14(3)18/h6-7,13-14H,4-5,8-12,18H2,1-3H3. The summed E-state index contributed by atoms with van der Waals surface area (Å²) in [6, 6.07) is 6.07. The van der Waals surface area contributed by atoms with Crippen LogP contribution in [0.25, 0.3) is 0 Å². The monoisotopic (exact) mass is 295 g/mol. The van der Waals surface area contributed by atoms with Crippen LogP contribution >= 0.6 is 0 Å². The quantitative estimate of drug-likeness (QED) is 0.637. The minimum atomic E-state index is 0.103. The van der Waals surface area contributed by atoms with Crippen LogP contribution < -0.4 is 15.2 Å². The SMILES string of the molecule is CCCOCCOc1cc(OCCC)ccc1CC(C)N. The Kier molecular flexibility index (Phi) is 8.87. The smallest absolute Gasteiger partial charge is 0.126 e. The maximum atomic E-state index is 5.89. The van der Waals surface area contributed by atoms with E-state index in [0.29, 0.717) is 19.8 Å². The van der Waals surface area contributed by atoms with Crippen molar-refractivity contribution < 1.29 is 14.2 Å². The van der Waals surface area contributed by atoms with Crippen LogP contribution in [0.4, 0.5) is 0 Å². The van der Waals surface area contributed by atoms with Gasteiger partial charge in [-0.05, 0) is 37.8 Å². The highest BCUT2D eigenvalue weighted by Gasteiger charge is 2.08. The maximum Gasteiger partial charge on any atom is 0.126 e. The van der Waals surface area contributed by atoms with Crippen LogP contribution in [0, 0.1) is 0 Å². The van der Waals surface area contributed by atoms with Gasteiger partial charge in [0.2, 0.25) is 0 Å². The fourth-order valence-corrected chi connectivity index (χ4v) is 1.95. The average molecular weight is 295 g/mol. The largest absolute Gasteiger partial charge is 0.493 e. The van der Waals surface area contributed by atoms with Crippen LogP contribution in [-0.2, 0) is 11.2 Å². The number of ether oxygens (including phenoxy) is 3. The highest BCUT2D eigenvalue weighted by atomic mass is 16.5. The minimum absolute atomic E-state index is 0.103. The molecule has 120 valence electrons. The third kappa shape index (κ3) is 7.34. The molecule has 0 saturated carbocycles. The van der Waals surface area contributed by atoms with Gasteiger partial charge in [-0.1, -0.05) is 19.9 Å². The van der Waals surface area contributed by atoms with Crippen LogP contribution in [0.3, 0.4) is 0 Å². The lowest BCUT2D eigenvalue weighted by Crippen LogP contribution is -2.18. The van der Waals surface area contributed by atoms with Crippen molar-refractivity contribution in [1.82, 2.24) is 0 Å². The summed E-state index contributed by atoms with van der Waals surface area (Å²) < 4.78 is 16.9. The number of rotatable bonds is 11. The summed E-state index contributed by atoms with van der Waals surface area (Å²) in [7, 11) is 0. The summed E-state index contributed by atoms with van der Waals surface area (Å²) in [5.74, 6) is 1.69. The van der Waals surface area contributed by atoms with E-state index in [9.17, 15) is 0 Å². The molecule has 1 unspecified atom stereocenters.